The minimum absolute atomic E-state index is 0.127. The zero-order chi connectivity index (χ0) is 28.7. The summed E-state index contributed by atoms with van der Waals surface area (Å²) in [4.78, 5) is 42.7. The van der Waals surface area contributed by atoms with E-state index in [1.807, 2.05) is 60.7 Å². The van der Waals surface area contributed by atoms with Gasteiger partial charge in [0, 0.05) is 18.2 Å². The molecule has 3 aromatic carbocycles. The van der Waals surface area contributed by atoms with Crippen molar-refractivity contribution in [3.8, 4) is 5.75 Å². The molecule has 8 heteroatoms. The molecule has 0 heterocycles. The molecular weight excluding hydrogens is 506 g/mol. The molecule has 210 valence electrons. The fourth-order valence-corrected chi connectivity index (χ4v) is 4.51. The average molecular weight is 544 g/mol. The highest BCUT2D eigenvalue weighted by Gasteiger charge is 2.44. The number of hydrogen-bond donors (Lipinski definition) is 2. The van der Waals surface area contributed by atoms with Gasteiger partial charge in [-0.15, -0.1) is 0 Å². The fraction of sp³-hybridized carbons (Fsp3) is 0.344. The number of nitrogens with one attached hydrogen (secondary N) is 2. The summed E-state index contributed by atoms with van der Waals surface area (Å²) in [5.74, 6) is -0.00680. The van der Waals surface area contributed by atoms with E-state index in [0.29, 0.717) is 17.0 Å². The molecule has 1 aliphatic rings. The van der Waals surface area contributed by atoms with Crippen molar-refractivity contribution in [1.29, 1.82) is 0 Å². The van der Waals surface area contributed by atoms with Gasteiger partial charge in [0.15, 0.2) is 0 Å². The maximum Gasteiger partial charge on any atom is 0.408 e. The summed E-state index contributed by atoms with van der Waals surface area (Å²) >= 11 is 0. The van der Waals surface area contributed by atoms with Crippen LogP contribution in [0.15, 0.2) is 84.9 Å². The summed E-state index contributed by atoms with van der Waals surface area (Å²) < 4.78 is 10.7. The number of rotatable bonds is 10. The van der Waals surface area contributed by atoms with E-state index in [4.69, 9.17) is 9.47 Å². The van der Waals surface area contributed by atoms with Gasteiger partial charge in [-0.25, -0.2) is 4.79 Å². The molecule has 0 saturated heterocycles. The number of nitrogens with zero attached hydrogens (tertiary/aromatic N) is 1. The van der Waals surface area contributed by atoms with Gasteiger partial charge in [-0.1, -0.05) is 60.7 Å². The largest absolute Gasteiger partial charge is 0.497 e. The summed E-state index contributed by atoms with van der Waals surface area (Å²) in [6.07, 6.45) is 1.12. The Labute approximate surface area is 235 Å². The Kier molecular flexibility index (Phi) is 9.09. The number of anilines is 1. The first-order valence-corrected chi connectivity index (χ1v) is 13.5. The topological polar surface area (TPSA) is 97.0 Å². The van der Waals surface area contributed by atoms with Crippen molar-refractivity contribution in [3.63, 3.8) is 0 Å². The van der Waals surface area contributed by atoms with Crippen LogP contribution in [-0.2, 0) is 20.7 Å². The van der Waals surface area contributed by atoms with Gasteiger partial charge in [0.05, 0.1) is 7.11 Å². The Morgan fingerprint density at radius 1 is 0.900 bits per heavy atom. The summed E-state index contributed by atoms with van der Waals surface area (Å²) in [6, 6.07) is 23.8. The second-order valence-electron chi connectivity index (χ2n) is 10.9. The van der Waals surface area contributed by atoms with E-state index in [1.54, 1.807) is 57.0 Å². The SMILES string of the molecule is COc1ccc(NC(=O)C(c2ccccc2)N(C(=O)C(Cc2ccccc2)NC(=O)OC(C)(C)C)C2CC2)cc1. The molecule has 1 saturated carbocycles. The molecule has 40 heavy (non-hydrogen) atoms. The van der Waals surface area contributed by atoms with Crippen LogP contribution >= 0.6 is 0 Å². The van der Waals surface area contributed by atoms with Crippen molar-refractivity contribution < 1.29 is 23.9 Å². The van der Waals surface area contributed by atoms with E-state index < -0.39 is 23.8 Å². The monoisotopic (exact) mass is 543 g/mol. The van der Waals surface area contributed by atoms with Gasteiger partial charge in [-0.05, 0) is 69.0 Å². The molecule has 0 spiro atoms. The van der Waals surface area contributed by atoms with Crippen molar-refractivity contribution in [2.45, 2.75) is 63.8 Å². The normalized spacial score (nSPS) is 14.4. The zero-order valence-corrected chi connectivity index (χ0v) is 23.4. The smallest absolute Gasteiger partial charge is 0.408 e. The summed E-state index contributed by atoms with van der Waals surface area (Å²) in [6.45, 7) is 5.31. The Bertz CT molecular complexity index is 1290. The minimum Gasteiger partial charge on any atom is -0.497 e. The van der Waals surface area contributed by atoms with Gasteiger partial charge in [0.1, 0.15) is 23.4 Å². The molecule has 2 unspecified atom stereocenters. The molecule has 1 aliphatic carbocycles. The summed E-state index contributed by atoms with van der Waals surface area (Å²) in [5.41, 5.74) is 1.42. The van der Waals surface area contributed by atoms with Crippen LogP contribution in [0, 0.1) is 0 Å². The van der Waals surface area contributed by atoms with E-state index in [9.17, 15) is 14.4 Å². The molecular formula is C32H37N3O5. The molecule has 8 nitrogen and oxygen atoms in total. The fourth-order valence-electron chi connectivity index (χ4n) is 4.51. The van der Waals surface area contributed by atoms with Gasteiger partial charge < -0.3 is 25.0 Å². The minimum atomic E-state index is -0.933. The lowest BCUT2D eigenvalue weighted by Gasteiger charge is -2.34. The maximum absolute atomic E-state index is 14.3. The highest BCUT2D eigenvalue weighted by molar-refractivity contribution is 5.99. The van der Waals surface area contributed by atoms with Crippen LogP contribution in [-0.4, -0.2) is 47.6 Å². The molecule has 4 rings (SSSR count). The van der Waals surface area contributed by atoms with E-state index in [-0.39, 0.29) is 24.3 Å². The zero-order valence-electron chi connectivity index (χ0n) is 23.4. The number of hydrogen-bond acceptors (Lipinski definition) is 5. The molecule has 1 fully saturated rings. The van der Waals surface area contributed by atoms with E-state index >= 15 is 0 Å². The molecule has 2 N–H and O–H groups in total. The quantitative estimate of drug-likeness (QED) is 0.352. The average Bonchev–Trinajstić information content (AvgIpc) is 3.76. The third-order valence-corrected chi connectivity index (χ3v) is 6.47. The van der Waals surface area contributed by atoms with Crippen molar-refractivity contribution in [2.24, 2.45) is 0 Å². The Morgan fingerprint density at radius 2 is 1.50 bits per heavy atom. The van der Waals surface area contributed by atoms with Gasteiger partial charge >= 0.3 is 6.09 Å². The molecule has 0 aromatic heterocycles. The van der Waals surface area contributed by atoms with Crippen LogP contribution in [0.3, 0.4) is 0 Å². The van der Waals surface area contributed by atoms with Crippen molar-refractivity contribution in [1.82, 2.24) is 10.2 Å². The van der Waals surface area contributed by atoms with Crippen LogP contribution in [0.2, 0.25) is 0 Å². The maximum atomic E-state index is 14.3. The molecule has 2 atom stereocenters. The second-order valence-corrected chi connectivity index (χ2v) is 10.9. The number of benzene rings is 3. The first kappa shape index (κ1) is 28.7. The first-order chi connectivity index (χ1) is 19.1. The van der Waals surface area contributed by atoms with Crippen LogP contribution in [0.4, 0.5) is 10.5 Å². The highest BCUT2D eigenvalue weighted by atomic mass is 16.6. The van der Waals surface area contributed by atoms with Gasteiger partial charge in [-0.3, -0.25) is 9.59 Å². The highest BCUT2D eigenvalue weighted by Crippen LogP contribution is 2.36. The second kappa shape index (κ2) is 12.7. The molecule has 3 amide bonds. The van der Waals surface area contributed by atoms with E-state index in [1.165, 1.54) is 0 Å². The number of carbonyl (C=O) groups excluding carboxylic acids is 3. The van der Waals surface area contributed by atoms with E-state index in [0.717, 1.165) is 18.4 Å². The van der Waals surface area contributed by atoms with E-state index in [2.05, 4.69) is 10.6 Å². The summed E-state index contributed by atoms with van der Waals surface area (Å²) in [5, 5.41) is 5.76. The lowest BCUT2D eigenvalue weighted by molar-refractivity contribution is -0.141. The van der Waals surface area contributed by atoms with Crippen molar-refractivity contribution in [3.05, 3.63) is 96.1 Å². The third kappa shape index (κ3) is 7.85. The number of methoxy groups -OCH3 is 1. The standard InChI is InChI=1S/C32H37N3O5/c1-32(2,3)40-31(38)34-27(21-22-11-7-5-8-12-22)30(37)35(25-17-18-25)28(23-13-9-6-10-14-23)29(36)33-24-15-19-26(39-4)20-16-24/h5-16,19-20,25,27-28H,17-18,21H2,1-4H3,(H,33,36)(H,34,38). The van der Waals surface area contributed by atoms with Crippen molar-refractivity contribution in [2.75, 3.05) is 12.4 Å². The van der Waals surface area contributed by atoms with Crippen LogP contribution in [0.1, 0.15) is 50.8 Å². The van der Waals surface area contributed by atoms with Gasteiger partial charge in [0.2, 0.25) is 5.91 Å². The van der Waals surface area contributed by atoms with Gasteiger partial charge in [-0.2, -0.15) is 0 Å². The first-order valence-electron chi connectivity index (χ1n) is 13.5. The molecule has 3 aromatic rings. The predicted octanol–water partition coefficient (Wildman–Crippen LogP) is 5.50. The predicted molar refractivity (Wildman–Crippen MR) is 154 cm³/mol. The molecule has 0 bridgehead atoms. The Balaban J connectivity index is 1.67. The number of carbonyl (C=O) groups is 3. The third-order valence-electron chi connectivity index (χ3n) is 6.47. The lowest BCUT2D eigenvalue weighted by Crippen LogP contribution is -2.54. The Hall–Kier alpha value is -4.33. The number of ether oxygens (including phenoxy) is 2. The number of amides is 3. The van der Waals surface area contributed by atoms with Crippen LogP contribution in [0.5, 0.6) is 5.75 Å². The number of alkyl carbamates (subject to hydrolysis) is 1. The van der Waals surface area contributed by atoms with Crippen LogP contribution in [0.25, 0.3) is 0 Å². The van der Waals surface area contributed by atoms with Crippen LogP contribution < -0.4 is 15.4 Å². The van der Waals surface area contributed by atoms with Crippen molar-refractivity contribution >= 4 is 23.6 Å². The summed E-state index contributed by atoms with van der Waals surface area (Å²) in [7, 11) is 1.58. The molecule has 0 aliphatic heterocycles. The lowest BCUT2D eigenvalue weighted by atomic mass is 10.00. The van der Waals surface area contributed by atoms with Gasteiger partial charge in [0.25, 0.3) is 5.91 Å². The Morgan fingerprint density at radius 3 is 2.05 bits per heavy atom. The molecule has 0 radical (unpaired) electrons.